The van der Waals surface area contributed by atoms with Crippen LogP contribution in [0.2, 0.25) is 5.02 Å². The Morgan fingerprint density at radius 2 is 1.94 bits per heavy atom. The van der Waals surface area contributed by atoms with Crippen molar-refractivity contribution in [1.29, 1.82) is 0 Å². The fraction of sp³-hybridized carbons (Fsp3) is 0.417. The predicted octanol–water partition coefficient (Wildman–Crippen LogP) is 4.33. The third-order valence-corrected chi connectivity index (χ3v) is 5.54. The van der Waals surface area contributed by atoms with Crippen LogP contribution in [0.25, 0.3) is 0 Å². The second kappa shape index (κ2) is 11.0. The molecule has 0 fully saturated rings. The van der Waals surface area contributed by atoms with Gasteiger partial charge in [-0.3, -0.25) is 9.59 Å². The van der Waals surface area contributed by atoms with Gasteiger partial charge in [-0.1, -0.05) is 43.1 Å². The van der Waals surface area contributed by atoms with Crippen molar-refractivity contribution in [2.75, 3.05) is 13.3 Å². The van der Waals surface area contributed by atoms with E-state index in [1.165, 1.54) is 0 Å². The lowest BCUT2D eigenvalue weighted by Gasteiger charge is -2.29. The lowest BCUT2D eigenvalue weighted by Crippen LogP contribution is -2.47. The summed E-state index contributed by atoms with van der Waals surface area (Å²) in [6.45, 7) is 4.99. The summed E-state index contributed by atoms with van der Waals surface area (Å²) in [7, 11) is 0. The SMILES string of the molecule is CCCCNC(=O)C(C)N(Cc1cccc(Cl)c1)C(=O)CCc1ccc2c(c1)OCO2. The second-order valence-corrected chi connectivity index (χ2v) is 8.10. The minimum absolute atomic E-state index is 0.0872. The quantitative estimate of drug-likeness (QED) is 0.553. The van der Waals surface area contributed by atoms with Crippen LogP contribution < -0.4 is 14.8 Å². The topological polar surface area (TPSA) is 67.9 Å². The van der Waals surface area contributed by atoms with Crippen LogP contribution in [-0.2, 0) is 22.6 Å². The molecule has 0 radical (unpaired) electrons. The van der Waals surface area contributed by atoms with Crippen LogP contribution in [0.5, 0.6) is 11.5 Å². The van der Waals surface area contributed by atoms with Gasteiger partial charge in [-0.15, -0.1) is 0 Å². The molecular weight excluding hydrogens is 416 g/mol. The third kappa shape index (κ3) is 6.37. The van der Waals surface area contributed by atoms with E-state index in [-0.39, 0.29) is 25.0 Å². The molecule has 6 nitrogen and oxygen atoms in total. The number of fused-ring (bicyclic) bond motifs is 1. The van der Waals surface area contributed by atoms with Crippen LogP contribution in [0.15, 0.2) is 42.5 Å². The zero-order chi connectivity index (χ0) is 22.2. The van der Waals surface area contributed by atoms with Crippen LogP contribution in [0, 0.1) is 0 Å². The van der Waals surface area contributed by atoms with Crippen LogP contribution >= 0.6 is 11.6 Å². The van der Waals surface area contributed by atoms with Gasteiger partial charge < -0.3 is 19.7 Å². The molecule has 1 atom stereocenters. The lowest BCUT2D eigenvalue weighted by atomic mass is 10.1. The smallest absolute Gasteiger partial charge is 0.242 e. The Morgan fingerprint density at radius 1 is 1.13 bits per heavy atom. The van der Waals surface area contributed by atoms with Gasteiger partial charge >= 0.3 is 0 Å². The van der Waals surface area contributed by atoms with E-state index >= 15 is 0 Å². The molecule has 1 unspecified atom stereocenters. The van der Waals surface area contributed by atoms with E-state index < -0.39 is 6.04 Å². The number of benzene rings is 2. The first-order valence-corrected chi connectivity index (χ1v) is 11.1. The number of carbonyl (C=O) groups is 2. The molecule has 1 aliphatic heterocycles. The Kier molecular flexibility index (Phi) is 8.18. The van der Waals surface area contributed by atoms with Crippen LogP contribution in [-0.4, -0.2) is 36.1 Å². The molecule has 0 aromatic heterocycles. The Morgan fingerprint density at radius 3 is 2.71 bits per heavy atom. The number of carbonyl (C=O) groups excluding carboxylic acids is 2. The highest BCUT2D eigenvalue weighted by Crippen LogP contribution is 2.32. The maximum absolute atomic E-state index is 13.2. The van der Waals surface area contributed by atoms with E-state index in [0.717, 1.165) is 29.7 Å². The van der Waals surface area contributed by atoms with Crippen molar-refractivity contribution >= 4 is 23.4 Å². The van der Waals surface area contributed by atoms with Gasteiger partial charge in [0.05, 0.1) is 0 Å². The highest BCUT2D eigenvalue weighted by molar-refractivity contribution is 6.30. The zero-order valence-corrected chi connectivity index (χ0v) is 18.8. The summed E-state index contributed by atoms with van der Waals surface area (Å²) in [6.07, 6.45) is 2.73. The third-order valence-electron chi connectivity index (χ3n) is 5.30. The average Bonchev–Trinajstić information content (AvgIpc) is 3.23. The Balaban J connectivity index is 1.69. The molecule has 3 rings (SSSR count). The van der Waals surface area contributed by atoms with Crippen molar-refractivity contribution in [3.8, 4) is 11.5 Å². The molecule has 1 N–H and O–H groups in total. The molecule has 0 bridgehead atoms. The largest absolute Gasteiger partial charge is 0.454 e. The summed E-state index contributed by atoms with van der Waals surface area (Å²) < 4.78 is 10.8. The molecule has 2 amide bonds. The standard InChI is InChI=1S/C24H29ClN2O4/c1-3-4-12-26-24(29)17(2)27(15-19-6-5-7-20(25)13-19)23(28)11-9-18-8-10-21-22(14-18)31-16-30-21/h5-8,10,13-14,17H,3-4,9,11-12,15-16H2,1-2H3,(H,26,29). The van der Waals surface area contributed by atoms with Gasteiger partial charge in [0.25, 0.3) is 0 Å². The van der Waals surface area contributed by atoms with E-state index in [1.54, 1.807) is 17.9 Å². The fourth-order valence-corrected chi connectivity index (χ4v) is 3.65. The van der Waals surface area contributed by atoms with E-state index in [2.05, 4.69) is 12.2 Å². The maximum Gasteiger partial charge on any atom is 0.242 e. The van der Waals surface area contributed by atoms with Gasteiger partial charge in [0.1, 0.15) is 6.04 Å². The molecule has 2 aromatic carbocycles. The molecule has 0 saturated heterocycles. The van der Waals surface area contributed by atoms with Gasteiger partial charge in [-0.2, -0.15) is 0 Å². The number of amides is 2. The summed E-state index contributed by atoms with van der Waals surface area (Å²) in [5, 5.41) is 3.53. The van der Waals surface area contributed by atoms with Gasteiger partial charge in [-0.25, -0.2) is 0 Å². The molecule has 7 heteroatoms. The normalized spacial score (nSPS) is 13.0. The predicted molar refractivity (Wildman–Crippen MR) is 120 cm³/mol. The first-order chi connectivity index (χ1) is 15.0. The second-order valence-electron chi connectivity index (χ2n) is 7.66. The molecule has 166 valence electrons. The number of rotatable bonds is 10. The van der Waals surface area contributed by atoms with Crippen LogP contribution in [0.1, 0.15) is 44.2 Å². The van der Waals surface area contributed by atoms with Crippen LogP contribution in [0.3, 0.4) is 0 Å². The summed E-state index contributed by atoms with van der Waals surface area (Å²) in [4.78, 5) is 27.5. The molecule has 0 aliphatic carbocycles. The van der Waals surface area contributed by atoms with Crippen molar-refractivity contribution < 1.29 is 19.1 Å². The van der Waals surface area contributed by atoms with E-state index in [4.69, 9.17) is 21.1 Å². The summed E-state index contributed by atoms with van der Waals surface area (Å²) >= 11 is 6.12. The average molecular weight is 445 g/mol. The maximum atomic E-state index is 13.2. The molecule has 2 aromatic rings. The van der Waals surface area contributed by atoms with E-state index in [0.29, 0.717) is 30.3 Å². The first-order valence-electron chi connectivity index (χ1n) is 10.7. The van der Waals surface area contributed by atoms with Crippen molar-refractivity contribution in [2.24, 2.45) is 0 Å². The molecular formula is C24H29ClN2O4. The molecule has 0 saturated carbocycles. The highest BCUT2D eigenvalue weighted by atomic mass is 35.5. The van der Waals surface area contributed by atoms with E-state index in [1.807, 2.05) is 36.4 Å². The van der Waals surface area contributed by atoms with Crippen molar-refractivity contribution in [2.45, 2.75) is 52.1 Å². The van der Waals surface area contributed by atoms with Gasteiger partial charge in [0.15, 0.2) is 11.5 Å². The number of hydrogen-bond donors (Lipinski definition) is 1. The number of nitrogens with one attached hydrogen (secondary N) is 1. The number of aryl methyl sites for hydroxylation is 1. The zero-order valence-electron chi connectivity index (χ0n) is 18.0. The Hall–Kier alpha value is -2.73. The minimum Gasteiger partial charge on any atom is -0.454 e. The van der Waals surface area contributed by atoms with Gasteiger partial charge in [0, 0.05) is 24.5 Å². The molecule has 1 aliphatic rings. The summed E-state index contributed by atoms with van der Waals surface area (Å²) in [5.74, 6) is 1.18. The van der Waals surface area contributed by atoms with Crippen molar-refractivity contribution in [1.82, 2.24) is 10.2 Å². The van der Waals surface area contributed by atoms with Crippen molar-refractivity contribution in [3.05, 3.63) is 58.6 Å². The number of halogens is 1. The number of unbranched alkanes of at least 4 members (excludes halogenated alkanes) is 1. The molecule has 31 heavy (non-hydrogen) atoms. The minimum atomic E-state index is -0.583. The van der Waals surface area contributed by atoms with Crippen LogP contribution in [0.4, 0.5) is 0 Å². The number of ether oxygens (including phenoxy) is 2. The van der Waals surface area contributed by atoms with Crippen molar-refractivity contribution in [3.63, 3.8) is 0 Å². The molecule has 1 heterocycles. The number of nitrogens with zero attached hydrogens (tertiary/aromatic N) is 1. The van der Waals surface area contributed by atoms with Gasteiger partial charge in [-0.05, 0) is 55.2 Å². The summed E-state index contributed by atoms with van der Waals surface area (Å²) in [5.41, 5.74) is 1.87. The fourth-order valence-electron chi connectivity index (χ4n) is 3.44. The highest BCUT2D eigenvalue weighted by Gasteiger charge is 2.26. The van der Waals surface area contributed by atoms with Gasteiger partial charge in [0.2, 0.25) is 18.6 Å². The van der Waals surface area contributed by atoms with E-state index in [9.17, 15) is 9.59 Å². The first kappa shape index (κ1) is 22.9. The Bertz CT molecular complexity index is 918. The monoisotopic (exact) mass is 444 g/mol. The Labute approximate surface area is 188 Å². The number of hydrogen-bond acceptors (Lipinski definition) is 4. The molecule has 0 spiro atoms. The summed E-state index contributed by atoms with van der Waals surface area (Å²) in [6, 6.07) is 12.5. The lowest BCUT2D eigenvalue weighted by molar-refractivity contribution is -0.140.